The third kappa shape index (κ3) is 2.41. The van der Waals surface area contributed by atoms with Crippen LogP contribution >= 0.6 is 0 Å². The average molecular weight is 274 g/mol. The van der Waals surface area contributed by atoms with E-state index in [9.17, 15) is 9.59 Å². The number of hydrogen-bond acceptors (Lipinski definition) is 3. The molecule has 0 bridgehead atoms. The highest BCUT2D eigenvalue weighted by atomic mass is 16.4. The van der Waals surface area contributed by atoms with Crippen molar-refractivity contribution in [3.8, 4) is 0 Å². The molecule has 2 aliphatic rings. The number of carboxylic acid groups (broad SMARTS) is 1. The Kier molecular flexibility index (Phi) is 3.44. The monoisotopic (exact) mass is 274 g/mol. The normalized spacial score (nSPS) is 22.0. The van der Waals surface area contributed by atoms with E-state index in [2.05, 4.69) is 6.07 Å². The van der Waals surface area contributed by atoms with Crippen LogP contribution in [0.2, 0.25) is 0 Å². The fraction of sp³-hybridized carbons (Fsp3) is 0.467. The van der Waals surface area contributed by atoms with Gasteiger partial charge in [-0.1, -0.05) is 24.3 Å². The van der Waals surface area contributed by atoms with Gasteiger partial charge >= 0.3 is 5.97 Å². The Hall–Kier alpha value is -1.88. The summed E-state index contributed by atoms with van der Waals surface area (Å²) < 4.78 is 0. The van der Waals surface area contributed by atoms with Crippen LogP contribution in [0.4, 0.5) is 0 Å². The van der Waals surface area contributed by atoms with Crippen LogP contribution in [0.3, 0.4) is 0 Å². The lowest BCUT2D eigenvalue weighted by Crippen LogP contribution is -2.52. The van der Waals surface area contributed by atoms with Gasteiger partial charge in [-0.15, -0.1) is 0 Å². The van der Waals surface area contributed by atoms with Gasteiger partial charge in [0.05, 0.1) is 12.5 Å². The second-order valence-electron chi connectivity index (χ2n) is 5.45. The number of amides is 1. The highest BCUT2D eigenvalue weighted by Gasteiger charge is 2.35. The Balaban J connectivity index is 1.57. The third-order valence-corrected chi connectivity index (χ3v) is 4.20. The number of hydrogen-bond donors (Lipinski definition) is 1. The summed E-state index contributed by atoms with van der Waals surface area (Å²) in [5, 5.41) is 8.76. The van der Waals surface area contributed by atoms with Crippen molar-refractivity contribution in [3.05, 3.63) is 35.4 Å². The Labute approximate surface area is 117 Å². The van der Waals surface area contributed by atoms with Gasteiger partial charge in [-0.25, -0.2) is 0 Å². The van der Waals surface area contributed by atoms with E-state index < -0.39 is 5.97 Å². The third-order valence-electron chi connectivity index (χ3n) is 4.20. The summed E-state index contributed by atoms with van der Waals surface area (Å²) in [5.41, 5.74) is 2.43. The van der Waals surface area contributed by atoms with Crippen molar-refractivity contribution in [2.45, 2.75) is 12.3 Å². The van der Waals surface area contributed by atoms with Crippen LogP contribution in [-0.4, -0.2) is 59.5 Å². The molecule has 1 aliphatic carbocycles. The molecule has 1 unspecified atom stereocenters. The van der Waals surface area contributed by atoms with Crippen LogP contribution in [0.1, 0.15) is 17.0 Å². The molecule has 0 aromatic heterocycles. The van der Waals surface area contributed by atoms with Crippen LogP contribution < -0.4 is 0 Å². The Morgan fingerprint density at radius 2 is 1.85 bits per heavy atom. The van der Waals surface area contributed by atoms with Gasteiger partial charge in [0.25, 0.3) is 0 Å². The lowest BCUT2D eigenvalue weighted by molar-refractivity contribution is -0.139. The minimum Gasteiger partial charge on any atom is -0.480 e. The van der Waals surface area contributed by atoms with Crippen LogP contribution in [0.15, 0.2) is 24.3 Å². The molecule has 106 valence electrons. The number of fused-ring (bicyclic) bond motifs is 1. The van der Waals surface area contributed by atoms with Gasteiger partial charge in [0, 0.05) is 26.2 Å². The van der Waals surface area contributed by atoms with E-state index >= 15 is 0 Å². The molecule has 1 heterocycles. The predicted molar refractivity (Wildman–Crippen MR) is 73.5 cm³/mol. The molecule has 0 saturated carbocycles. The number of rotatable bonds is 3. The van der Waals surface area contributed by atoms with Crippen molar-refractivity contribution in [2.75, 3.05) is 32.7 Å². The summed E-state index contributed by atoms with van der Waals surface area (Å²) in [6.07, 6.45) is 0.838. The topological polar surface area (TPSA) is 60.9 Å². The quantitative estimate of drug-likeness (QED) is 0.874. The van der Waals surface area contributed by atoms with E-state index in [0.29, 0.717) is 26.2 Å². The highest BCUT2D eigenvalue weighted by Crippen LogP contribution is 2.36. The van der Waals surface area contributed by atoms with Crippen LogP contribution in [0.5, 0.6) is 0 Å². The number of benzene rings is 1. The molecule has 1 aromatic carbocycles. The molecule has 0 spiro atoms. The second kappa shape index (κ2) is 5.25. The van der Waals surface area contributed by atoms with Crippen molar-refractivity contribution in [1.29, 1.82) is 0 Å². The number of carboxylic acids is 1. The van der Waals surface area contributed by atoms with Gasteiger partial charge < -0.3 is 10.0 Å². The van der Waals surface area contributed by atoms with E-state index in [4.69, 9.17) is 5.11 Å². The molecule has 20 heavy (non-hydrogen) atoms. The van der Waals surface area contributed by atoms with Gasteiger partial charge in [-0.05, 0) is 17.5 Å². The first-order chi connectivity index (χ1) is 9.65. The predicted octanol–water partition coefficient (Wildman–Crippen LogP) is 0.555. The zero-order valence-corrected chi connectivity index (χ0v) is 11.3. The summed E-state index contributed by atoms with van der Waals surface area (Å²) in [6.45, 7) is 2.61. The molecule has 1 aromatic rings. The van der Waals surface area contributed by atoms with Crippen molar-refractivity contribution in [3.63, 3.8) is 0 Å². The Bertz CT molecular complexity index is 536. The Morgan fingerprint density at radius 1 is 1.15 bits per heavy atom. The number of nitrogens with zero attached hydrogens (tertiary/aromatic N) is 2. The van der Waals surface area contributed by atoms with Crippen LogP contribution in [-0.2, 0) is 16.0 Å². The lowest BCUT2D eigenvalue weighted by Gasteiger charge is -2.38. The maximum absolute atomic E-state index is 12.5. The molecule has 1 N–H and O–H groups in total. The standard InChI is InChI=1S/C15H18N2O3/c18-14(19)10-16-5-7-17(8-6-16)15(20)13-9-11-3-1-2-4-12(11)13/h1-4,13H,5-10H2,(H,18,19). The number of piperazine rings is 1. The number of aliphatic carboxylic acids is 1. The van der Waals surface area contributed by atoms with Gasteiger partial charge in [-0.3, -0.25) is 14.5 Å². The molecule has 1 aliphatic heterocycles. The molecule has 0 radical (unpaired) electrons. The van der Waals surface area contributed by atoms with E-state index in [1.165, 1.54) is 5.56 Å². The summed E-state index contributed by atoms with van der Waals surface area (Å²) in [6, 6.07) is 8.08. The number of carbonyl (C=O) groups is 2. The van der Waals surface area contributed by atoms with Crippen LogP contribution in [0, 0.1) is 0 Å². The Morgan fingerprint density at radius 3 is 2.50 bits per heavy atom. The van der Waals surface area contributed by atoms with Crippen molar-refractivity contribution < 1.29 is 14.7 Å². The molecule has 1 amide bonds. The molecule has 1 saturated heterocycles. The first-order valence-electron chi connectivity index (χ1n) is 6.96. The molecule has 5 heteroatoms. The molecule has 5 nitrogen and oxygen atoms in total. The maximum atomic E-state index is 12.5. The zero-order chi connectivity index (χ0) is 14.1. The largest absolute Gasteiger partial charge is 0.480 e. The van der Waals surface area contributed by atoms with Crippen LogP contribution in [0.25, 0.3) is 0 Å². The molecule has 3 rings (SSSR count). The summed E-state index contributed by atoms with van der Waals surface area (Å²) in [5.74, 6) is -0.603. The molecular weight excluding hydrogens is 256 g/mol. The second-order valence-corrected chi connectivity index (χ2v) is 5.45. The minimum atomic E-state index is -0.808. The average Bonchev–Trinajstić information content (AvgIpc) is 2.40. The zero-order valence-electron chi connectivity index (χ0n) is 11.3. The smallest absolute Gasteiger partial charge is 0.317 e. The van der Waals surface area contributed by atoms with Gasteiger partial charge in [-0.2, -0.15) is 0 Å². The van der Waals surface area contributed by atoms with Gasteiger partial charge in [0.1, 0.15) is 0 Å². The molecule has 1 fully saturated rings. The highest BCUT2D eigenvalue weighted by molar-refractivity contribution is 5.87. The van der Waals surface area contributed by atoms with Crippen molar-refractivity contribution >= 4 is 11.9 Å². The first-order valence-corrected chi connectivity index (χ1v) is 6.96. The van der Waals surface area contributed by atoms with E-state index in [-0.39, 0.29) is 18.4 Å². The summed E-state index contributed by atoms with van der Waals surface area (Å²) >= 11 is 0. The summed E-state index contributed by atoms with van der Waals surface area (Å²) in [4.78, 5) is 26.9. The van der Waals surface area contributed by atoms with Crippen molar-refractivity contribution in [2.24, 2.45) is 0 Å². The van der Waals surface area contributed by atoms with E-state index in [0.717, 1.165) is 12.0 Å². The van der Waals surface area contributed by atoms with Crippen molar-refractivity contribution in [1.82, 2.24) is 9.80 Å². The maximum Gasteiger partial charge on any atom is 0.317 e. The number of carbonyl (C=O) groups excluding carboxylic acids is 1. The fourth-order valence-corrected chi connectivity index (χ4v) is 3.02. The van der Waals surface area contributed by atoms with Gasteiger partial charge in [0.2, 0.25) is 5.91 Å². The van der Waals surface area contributed by atoms with Gasteiger partial charge in [0.15, 0.2) is 0 Å². The molecular formula is C15H18N2O3. The minimum absolute atomic E-state index is 0.0113. The van der Waals surface area contributed by atoms with E-state index in [1.807, 2.05) is 28.0 Å². The first kappa shape index (κ1) is 13.1. The lowest BCUT2D eigenvalue weighted by atomic mass is 9.77. The SMILES string of the molecule is O=C(O)CN1CCN(C(=O)C2Cc3ccccc32)CC1. The van der Waals surface area contributed by atoms with E-state index in [1.54, 1.807) is 0 Å². The summed E-state index contributed by atoms with van der Waals surface area (Å²) in [7, 11) is 0. The molecule has 1 atom stereocenters. The fourth-order valence-electron chi connectivity index (χ4n) is 3.02.